The summed E-state index contributed by atoms with van der Waals surface area (Å²) in [6, 6.07) is 14.0. The van der Waals surface area contributed by atoms with Crippen molar-refractivity contribution < 1.29 is 22.1 Å². The highest BCUT2D eigenvalue weighted by Gasteiger charge is 2.19. The summed E-state index contributed by atoms with van der Waals surface area (Å²) in [5.74, 6) is -0.497. The van der Waals surface area contributed by atoms with Gasteiger partial charge in [0, 0.05) is 0 Å². The topological polar surface area (TPSA) is 131 Å². The van der Waals surface area contributed by atoms with Gasteiger partial charge in [-0.2, -0.15) is 13.7 Å². The van der Waals surface area contributed by atoms with Gasteiger partial charge in [0.2, 0.25) is 5.13 Å². The molecule has 0 saturated heterocycles. The van der Waals surface area contributed by atoms with Gasteiger partial charge in [0.05, 0.1) is 6.61 Å². The van der Waals surface area contributed by atoms with Crippen LogP contribution >= 0.6 is 11.3 Å². The van der Waals surface area contributed by atoms with Crippen LogP contribution in [0.5, 0.6) is 11.5 Å². The van der Waals surface area contributed by atoms with Crippen LogP contribution in [0, 0.1) is 11.3 Å². The first kappa shape index (κ1) is 23.9. The molecule has 0 fully saturated rings. The highest BCUT2D eigenvalue weighted by molar-refractivity contribution is 7.87. The molecule has 1 amide bonds. The van der Waals surface area contributed by atoms with Crippen LogP contribution in [0.3, 0.4) is 0 Å². The first-order chi connectivity index (χ1) is 15.9. The van der Waals surface area contributed by atoms with Gasteiger partial charge in [0.25, 0.3) is 5.91 Å². The Labute approximate surface area is 195 Å². The van der Waals surface area contributed by atoms with E-state index in [2.05, 4.69) is 15.5 Å². The molecule has 3 aromatic rings. The maximum Gasteiger partial charge on any atom is 0.339 e. The van der Waals surface area contributed by atoms with E-state index in [9.17, 15) is 18.5 Å². The monoisotopic (exact) mass is 484 g/mol. The van der Waals surface area contributed by atoms with Crippen LogP contribution in [-0.4, -0.2) is 31.1 Å². The molecule has 0 aliphatic heterocycles. The number of nitriles is 1. The van der Waals surface area contributed by atoms with Crippen molar-refractivity contribution in [3.8, 4) is 17.6 Å². The van der Waals surface area contributed by atoms with Crippen molar-refractivity contribution in [3.05, 3.63) is 64.7 Å². The number of nitrogens with one attached hydrogen (secondary N) is 1. The summed E-state index contributed by atoms with van der Waals surface area (Å²) in [5.41, 5.74) is 0.275. The van der Waals surface area contributed by atoms with E-state index in [0.29, 0.717) is 17.1 Å². The molecule has 9 nitrogen and oxygen atoms in total. The van der Waals surface area contributed by atoms with Crippen LogP contribution in [0.4, 0.5) is 5.13 Å². The molecule has 0 atom stereocenters. The Morgan fingerprint density at radius 3 is 2.55 bits per heavy atom. The molecule has 0 saturated carbocycles. The van der Waals surface area contributed by atoms with Crippen molar-refractivity contribution in [1.82, 2.24) is 10.2 Å². The van der Waals surface area contributed by atoms with Crippen LogP contribution < -0.4 is 14.2 Å². The lowest BCUT2D eigenvalue weighted by atomic mass is 10.1. The molecule has 0 aliphatic rings. The molecule has 0 unspecified atom stereocenters. The third-order valence-electron chi connectivity index (χ3n) is 4.16. The molecule has 33 heavy (non-hydrogen) atoms. The van der Waals surface area contributed by atoms with Crippen LogP contribution in [0.25, 0.3) is 6.08 Å². The Morgan fingerprint density at radius 1 is 1.15 bits per heavy atom. The summed E-state index contributed by atoms with van der Waals surface area (Å²) in [7, 11) is -4.07. The van der Waals surface area contributed by atoms with Gasteiger partial charge >= 0.3 is 10.1 Å². The zero-order valence-corrected chi connectivity index (χ0v) is 19.4. The lowest BCUT2D eigenvalue weighted by Gasteiger charge is -2.12. The molecular weight excluding hydrogens is 464 g/mol. The van der Waals surface area contributed by atoms with Gasteiger partial charge in [-0.15, -0.1) is 10.2 Å². The van der Waals surface area contributed by atoms with E-state index in [1.807, 2.05) is 13.0 Å². The summed E-state index contributed by atoms with van der Waals surface area (Å²) in [5, 5.41) is 20.8. The Bertz CT molecular complexity index is 1310. The predicted molar refractivity (Wildman–Crippen MR) is 123 cm³/mol. The summed E-state index contributed by atoms with van der Waals surface area (Å²) in [6.45, 7) is 3.90. The molecule has 3 rings (SSSR count). The maximum atomic E-state index is 12.6. The number of hydrogen-bond acceptors (Lipinski definition) is 9. The Hall–Kier alpha value is -3.75. The van der Waals surface area contributed by atoms with Gasteiger partial charge in [-0.1, -0.05) is 42.5 Å². The van der Waals surface area contributed by atoms with Crippen molar-refractivity contribution in [2.75, 3.05) is 11.9 Å². The second-order valence-corrected chi connectivity index (χ2v) is 9.08. The van der Waals surface area contributed by atoms with Gasteiger partial charge in [-0.05, 0) is 49.2 Å². The minimum absolute atomic E-state index is 0.00256. The zero-order valence-electron chi connectivity index (χ0n) is 17.8. The van der Waals surface area contributed by atoms with E-state index in [-0.39, 0.29) is 28.6 Å². The largest absolute Gasteiger partial charge is 0.490 e. The van der Waals surface area contributed by atoms with Crippen LogP contribution in [0.15, 0.2) is 59.0 Å². The number of ether oxygens (including phenoxy) is 1. The first-order valence-electron chi connectivity index (χ1n) is 9.88. The number of rotatable bonds is 9. The minimum Gasteiger partial charge on any atom is -0.490 e. The standard InChI is InChI=1S/C22H20N4O5S2/c1-3-20-25-26-22(32-20)24-21(27)16(14-23)12-15-10-11-18(19(13-15)30-4-2)31-33(28,29)17-8-6-5-7-9-17/h5-13H,3-4H2,1-2H3,(H,24,26,27)/b16-12-. The van der Waals surface area contributed by atoms with Crippen molar-refractivity contribution >= 4 is 38.6 Å². The predicted octanol–water partition coefficient (Wildman–Crippen LogP) is 3.81. The number of aromatic nitrogens is 2. The molecular formula is C22H20N4O5S2. The Balaban J connectivity index is 1.85. The average Bonchev–Trinajstić information content (AvgIpc) is 3.27. The number of carbonyl (C=O) groups is 1. The Morgan fingerprint density at radius 2 is 1.91 bits per heavy atom. The number of benzene rings is 2. The lowest BCUT2D eigenvalue weighted by molar-refractivity contribution is -0.112. The lowest BCUT2D eigenvalue weighted by Crippen LogP contribution is -2.13. The molecule has 11 heteroatoms. The Kier molecular flexibility index (Phi) is 7.76. The van der Waals surface area contributed by atoms with Gasteiger partial charge in [-0.3, -0.25) is 10.1 Å². The highest BCUT2D eigenvalue weighted by atomic mass is 32.2. The fourth-order valence-corrected chi connectivity index (χ4v) is 4.27. The van der Waals surface area contributed by atoms with Crippen molar-refractivity contribution in [3.63, 3.8) is 0 Å². The first-order valence-corrected chi connectivity index (χ1v) is 12.1. The van der Waals surface area contributed by atoms with E-state index in [1.54, 1.807) is 25.1 Å². The smallest absolute Gasteiger partial charge is 0.339 e. The van der Waals surface area contributed by atoms with E-state index >= 15 is 0 Å². The molecule has 0 bridgehead atoms. The summed E-state index contributed by atoms with van der Waals surface area (Å²) in [6.07, 6.45) is 2.04. The maximum absolute atomic E-state index is 12.6. The molecule has 170 valence electrons. The number of carbonyl (C=O) groups excluding carboxylic acids is 1. The molecule has 0 aliphatic carbocycles. The molecule has 1 N–H and O–H groups in total. The number of hydrogen-bond donors (Lipinski definition) is 1. The summed E-state index contributed by atoms with van der Waals surface area (Å²) in [4.78, 5) is 12.5. The van der Waals surface area contributed by atoms with Crippen LogP contribution in [-0.2, 0) is 21.3 Å². The second kappa shape index (κ2) is 10.7. The van der Waals surface area contributed by atoms with Crippen LogP contribution in [0.2, 0.25) is 0 Å². The number of nitrogens with zero attached hydrogens (tertiary/aromatic N) is 3. The SMILES string of the molecule is CCOc1cc(/C=C(/C#N)C(=O)Nc2nnc(CC)s2)ccc1OS(=O)(=O)c1ccccc1. The fourth-order valence-electron chi connectivity index (χ4n) is 2.63. The highest BCUT2D eigenvalue weighted by Crippen LogP contribution is 2.32. The van der Waals surface area contributed by atoms with E-state index in [4.69, 9.17) is 8.92 Å². The van der Waals surface area contributed by atoms with Crippen molar-refractivity contribution in [2.24, 2.45) is 0 Å². The van der Waals surface area contributed by atoms with Gasteiger partial charge in [0.1, 0.15) is 21.5 Å². The quantitative estimate of drug-likeness (QED) is 0.275. The fraction of sp³-hybridized carbons (Fsp3) is 0.182. The molecule has 0 spiro atoms. The van der Waals surface area contributed by atoms with Crippen LogP contribution in [0.1, 0.15) is 24.4 Å². The number of amides is 1. The molecule has 0 radical (unpaired) electrons. The third-order valence-corrected chi connectivity index (χ3v) is 6.40. The van der Waals surface area contributed by atoms with Crippen molar-refractivity contribution in [2.45, 2.75) is 25.2 Å². The summed E-state index contributed by atoms with van der Waals surface area (Å²) < 4.78 is 35.9. The minimum atomic E-state index is -4.07. The van der Waals surface area contributed by atoms with E-state index in [1.165, 1.54) is 47.7 Å². The second-order valence-electron chi connectivity index (χ2n) is 6.47. The molecule has 1 aromatic heterocycles. The van der Waals surface area contributed by atoms with Gasteiger partial charge in [0.15, 0.2) is 11.5 Å². The average molecular weight is 485 g/mol. The van der Waals surface area contributed by atoms with E-state index in [0.717, 1.165) is 5.01 Å². The molecule has 2 aromatic carbocycles. The van der Waals surface area contributed by atoms with Crippen molar-refractivity contribution in [1.29, 1.82) is 5.26 Å². The van der Waals surface area contributed by atoms with Gasteiger partial charge in [-0.25, -0.2) is 0 Å². The van der Waals surface area contributed by atoms with E-state index < -0.39 is 16.0 Å². The normalized spacial score (nSPS) is 11.5. The third kappa shape index (κ3) is 6.15. The van der Waals surface area contributed by atoms with Gasteiger partial charge < -0.3 is 8.92 Å². The number of anilines is 1. The molecule has 1 heterocycles. The number of aryl methyl sites for hydroxylation is 1. The summed E-state index contributed by atoms with van der Waals surface area (Å²) >= 11 is 1.23. The zero-order chi connectivity index (χ0) is 23.8.